The Morgan fingerprint density at radius 1 is 1.27 bits per heavy atom. The summed E-state index contributed by atoms with van der Waals surface area (Å²) in [6.07, 6.45) is 5.79. The van der Waals surface area contributed by atoms with E-state index in [9.17, 15) is 0 Å². The summed E-state index contributed by atoms with van der Waals surface area (Å²) in [6, 6.07) is 8.86. The number of benzene rings is 1. The summed E-state index contributed by atoms with van der Waals surface area (Å²) < 4.78 is 0. The second kappa shape index (κ2) is 4.35. The molecule has 0 amide bonds. The van der Waals surface area contributed by atoms with Crippen LogP contribution in [0.1, 0.15) is 36.4 Å². The highest BCUT2D eigenvalue weighted by Crippen LogP contribution is 2.30. The summed E-state index contributed by atoms with van der Waals surface area (Å²) in [5.41, 5.74) is 2.56. The third kappa shape index (κ3) is 2.12. The zero-order chi connectivity index (χ0) is 10.7. The Kier molecular flexibility index (Phi) is 2.91. The molecule has 1 aliphatic heterocycles. The SMILES string of the molecule is Cc1ccc(C2CCCCN2C#N)cc1. The topological polar surface area (TPSA) is 27.0 Å². The number of piperidine rings is 1. The van der Waals surface area contributed by atoms with Crippen LogP contribution < -0.4 is 0 Å². The van der Waals surface area contributed by atoms with Gasteiger partial charge in [-0.3, -0.25) is 0 Å². The molecule has 0 N–H and O–H groups in total. The van der Waals surface area contributed by atoms with Crippen molar-refractivity contribution in [1.82, 2.24) is 4.90 Å². The van der Waals surface area contributed by atoms with E-state index >= 15 is 0 Å². The highest BCUT2D eigenvalue weighted by atomic mass is 15.2. The van der Waals surface area contributed by atoms with Crippen LogP contribution in [0.4, 0.5) is 0 Å². The lowest BCUT2D eigenvalue weighted by atomic mass is 9.95. The van der Waals surface area contributed by atoms with E-state index in [2.05, 4.69) is 37.4 Å². The van der Waals surface area contributed by atoms with Crippen LogP contribution in [0, 0.1) is 18.4 Å². The molecule has 0 spiro atoms. The zero-order valence-corrected chi connectivity index (χ0v) is 9.11. The lowest BCUT2D eigenvalue weighted by Gasteiger charge is -2.31. The molecule has 1 fully saturated rings. The van der Waals surface area contributed by atoms with E-state index in [1.807, 2.05) is 4.90 Å². The van der Waals surface area contributed by atoms with Gasteiger partial charge in [-0.05, 0) is 31.7 Å². The molecule has 2 heteroatoms. The van der Waals surface area contributed by atoms with Gasteiger partial charge in [0, 0.05) is 6.54 Å². The molecule has 78 valence electrons. The molecule has 2 rings (SSSR count). The number of nitrogens with zero attached hydrogens (tertiary/aromatic N) is 2. The molecule has 1 unspecified atom stereocenters. The zero-order valence-electron chi connectivity index (χ0n) is 9.11. The largest absolute Gasteiger partial charge is 0.303 e. The predicted molar refractivity (Wildman–Crippen MR) is 60.1 cm³/mol. The number of hydrogen-bond donors (Lipinski definition) is 0. The lowest BCUT2D eigenvalue weighted by Crippen LogP contribution is -2.29. The summed E-state index contributed by atoms with van der Waals surface area (Å²) in [5, 5.41) is 9.05. The first-order chi connectivity index (χ1) is 7.31. The maximum atomic E-state index is 9.05. The molecule has 1 aliphatic rings. The van der Waals surface area contributed by atoms with E-state index in [1.54, 1.807) is 0 Å². The average molecular weight is 200 g/mol. The quantitative estimate of drug-likeness (QED) is 0.651. The van der Waals surface area contributed by atoms with E-state index in [1.165, 1.54) is 17.5 Å². The maximum Gasteiger partial charge on any atom is 0.179 e. The van der Waals surface area contributed by atoms with Crippen LogP contribution in [0.2, 0.25) is 0 Å². The minimum Gasteiger partial charge on any atom is -0.303 e. The first kappa shape index (κ1) is 10.0. The van der Waals surface area contributed by atoms with Gasteiger partial charge < -0.3 is 4.90 Å². The summed E-state index contributed by atoms with van der Waals surface area (Å²) >= 11 is 0. The third-order valence-electron chi connectivity index (χ3n) is 3.09. The molecule has 15 heavy (non-hydrogen) atoms. The van der Waals surface area contributed by atoms with Crippen molar-refractivity contribution >= 4 is 0 Å². The van der Waals surface area contributed by atoms with Crippen molar-refractivity contribution in [1.29, 1.82) is 5.26 Å². The first-order valence-electron chi connectivity index (χ1n) is 5.54. The molecule has 0 radical (unpaired) electrons. The van der Waals surface area contributed by atoms with Gasteiger partial charge in [-0.15, -0.1) is 0 Å². The van der Waals surface area contributed by atoms with E-state index in [4.69, 9.17) is 5.26 Å². The van der Waals surface area contributed by atoms with E-state index < -0.39 is 0 Å². The van der Waals surface area contributed by atoms with Crippen molar-refractivity contribution in [3.63, 3.8) is 0 Å². The maximum absolute atomic E-state index is 9.05. The Morgan fingerprint density at radius 3 is 2.67 bits per heavy atom. The van der Waals surface area contributed by atoms with Crippen molar-refractivity contribution < 1.29 is 0 Å². The summed E-state index contributed by atoms with van der Waals surface area (Å²) in [5.74, 6) is 0. The molecule has 0 aliphatic carbocycles. The first-order valence-corrected chi connectivity index (χ1v) is 5.54. The number of rotatable bonds is 1. The second-order valence-electron chi connectivity index (χ2n) is 4.22. The predicted octanol–water partition coefficient (Wildman–Crippen LogP) is 3.00. The van der Waals surface area contributed by atoms with Gasteiger partial charge in [0.15, 0.2) is 6.19 Å². The molecule has 1 heterocycles. The van der Waals surface area contributed by atoms with Crippen LogP contribution in [-0.2, 0) is 0 Å². The molecule has 0 aromatic heterocycles. The molecule has 2 nitrogen and oxygen atoms in total. The van der Waals surface area contributed by atoms with Crippen molar-refractivity contribution in [3.05, 3.63) is 35.4 Å². The standard InChI is InChI=1S/C13H16N2/c1-11-5-7-12(8-6-11)13-4-2-3-9-15(13)10-14/h5-8,13H,2-4,9H2,1H3. The molecule has 1 aromatic carbocycles. The van der Waals surface area contributed by atoms with Gasteiger partial charge in [-0.25, -0.2) is 0 Å². The van der Waals surface area contributed by atoms with Gasteiger partial charge >= 0.3 is 0 Å². The van der Waals surface area contributed by atoms with E-state index in [0.717, 1.165) is 19.4 Å². The fourth-order valence-corrected chi connectivity index (χ4v) is 2.19. The van der Waals surface area contributed by atoms with Gasteiger partial charge in [-0.1, -0.05) is 29.8 Å². The Labute approximate surface area is 91.1 Å². The second-order valence-corrected chi connectivity index (χ2v) is 4.22. The van der Waals surface area contributed by atoms with Crippen molar-refractivity contribution in [2.45, 2.75) is 32.2 Å². The van der Waals surface area contributed by atoms with Crippen LogP contribution in [0.25, 0.3) is 0 Å². The highest BCUT2D eigenvalue weighted by Gasteiger charge is 2.22. The van der Waals surface area contributed by atoms with Crippen molar-refractivity contribution in [3.8, 4) is 6.19 Å². The van der Waals surface area contributed by atoms with E-state index in [-0.39, 0.29) is 0 Å². The summed E-state index contributed by atoms with van der Waals surface area (Å²) in [7, 11) is 0. The van der Waals surface area contributed by atoms with Gasteiger partial charge in [-0.2, -0.15) is 5.26 Å². The molecule has 1 atom stereocenters. The summed E-state index contributed by atoms with van der Waals surface area (Å²) in [6.45, 7) is 3.00. The normalized spacial score (nSPS) is 21.1. The molecular formula is C13H16N2. The molecule has 1 saturated heterocycles. The van der Waals surface area contributed by atoms with Gasteiger partial charge in [0.2, 0.25) is 0 Å². The number of nitriles is 1. The van der Waals surface area contributed by atoms with Crippen molar-refractivity contribution in [2.24, 2.45) is 0 Å². The minimum absolute atomic E-state index is 0.310. The number of aryl methyl sites for hydroxylation is 1. The average Bonchev–Trinajstić information content (AvgIpc) is 2.30. The van der Waals surface area contributed by atoms with Crippen LogP contribution in [0.5, 0.6) is 0 Å². The third-order valence-corrected chi connectivity index (χ3v) is 3.09. The fraction of sp³-hybridized carbons (Fsp3) is 0.462. The Balaban J connectivity index is 2.21. The molecule has 0 saturated carbocycles. The van der Waals surface area contributed by atoms with E-state index in [0.29, 0.717) is 6.04 Å². The highest BCUT2D eigenvalue weighted by molar-refractivity contribution is 5.25. The Morgan fingerprint density at radius 2 is 2.00 bits per heavy atom. The number of likely N-dealkylation sites (tertiary alicyclic amines) is 1. The monoisotopic (exact) mass is 200 g/mol. The minimum atomic E-state index is 0.310. The van der Waals surface area contributed by atoms with Crippen LogP contribution in [0.15, 0.2) is 24.3 Å². The number of hydrogen-bond acceptors (Lipinski definition) is 2. The molecule has 0 bridgehead atoms. The van der Waals surface area contributed by atoms with Crippen LogP contribution >= 0.6 is 0 Å². The van der Waals surface area contributed by atoms with Gasteiger partial charge in [0.1, 0.15) is 0 Å². The summed E-state index contributed by atoms with van der Waals surface area (Å²) in [4.78, 5) is 1.91. The molecular weight excluding hydrogens is 184 g/mol. The Hall–Kier alpha value is -1.49. The van der Waals surface area contributed by atoms with Gasteiger partial charge in [0.25, 0.3) is 0 Å². The van der Waals surface area contributed by atoms with Crippen LogP contribution in [-0.4, -0.2) is 11.4 Å². The lowest BCUT2D eigenvalue weighted by molar-refractivity contribution is 0.227. The van der Waals surface area contributed by atoms with Crippen LogP contribution in [0.3, 0.4) is 0 Å². The Bertz CT molecular complexity index is 361. The molecule has 1 aromatic rings. The smallest absolute Gasteiger partial charge is 0.179 e. The van der Waals surface area contributed by atoms with Gasteiger partial charge in [0.05, 0.1) is 6.04 Å². The van der Waals surface area contributed by atoms with Crippen molar-refractivity contribution in [2.75, 3.05) is 6.54 Å². The fourth-order valence-electron chi connectivity index (χ4n) is 2.19.